The lowest BCUT2D eigenvalue weighted by atomic mass is 10.2. The summed E-state index contributed by atoms with van der Waals surface area (Å²) in [6.45, 7) is 5.31. The van der Waals surface area contributed by atoms with E-state index < -0.39 is 11.7 Å². The molecule has 8 nitrogen and oxygen atoms in total. The maximum Gasteiger partial charge on any atom is 0.413 e. The van der Waals surface area contributed by atoms with Crippen LogP contribution in [-0.4, -0.2) is 32.1 Å². The Morgan fingerprint density at radius 1 is 1.03 bits per heavy atom. The van der Waals surface area contributed by atoms with E-state index in [4.69, 9.17) is 4.74 Å². The van der Waals surface area contributed by atoms with Crippen molar-refractivity contribution in [1.29, 1.82) is 0 Å². The molecular weight excluding hydrogens is 414 g/mol. The molecule has 0 fully saturated rings. The smallest absolute Gasteiger partial charge is 0.413 e. The predicted octanol–water partition coefficient (Wildman–Crippen LogP) is 5.08. The number of thiazole rings is 1. The van der Waals surface area contributed by atoms with Gasteiger partial charge >= 0.3 is 6.09 Å². The van der Waals surface area contributed by atoms with Gasteiger partial charge in [0, 0.05) is 11.4 Å². The minimum Gasteiger partial charge on any atom is -0.444 e. The van der Waals surface area contributed by atoms with Gasteiger partial charge in [-0.2, -0.15) is 0 Å². The van der Waals surface area contributed by atoms with Crippen LogP contribution in [-0.2, 0) is 4.74 Å². The third-order valence-electron chi connectivity index (χ3n) is 4.18. The molecule has 2 aromatic carbocycles. The SMILES string of the molecule is CC(C)(C)OC(=O)Nc1ncc(C(=O)Nc2ccc3c(c2)ncn3-c2ccccc2)s1. The normalized spacial score (nSPS) is 11.3. The molecule has 158 valence electrons. The highest BCUT2D eigenvalue weighted by molar-refractivity contribution is 7.17. The van der Waals surface area contributed by atoms with Crippen molar-refractivity contribution in [3.05, 3.63) is 65.9 Å². The van der Waals surface area contributed by atoms with Crippen molar-refractivity contribution in [1.82, 2.24) is 14.5 Å². The third-order valence-corrected chi connectivity index (χ3v) is 5.09. The number of fused-ring (bicyclic) bond motifs is 1. The maximum absolute atomic E-state index is 12.6. The Hall–Kier alpha value is -3.72. The predicted molar refractivity (Wildman–Crippen MR) is 121 cm³/mol. The Kier molecular flexibility index (Phi) is 5.43. The number of carbonyl (C=O) groups excluding carboxylic acids is 2. The molecule has 2 N–H and O–H groups in total. The standard InChI is InChI=1S/C22H21N5O3S/c1-22(2,3)30-21(29)26-20-23-12-18(31-20)19(28)25-14-9-10-17-16(11-14)24-13-27(17)15-7-5-4-6-8-15/h4-13H,1-3H3,(H,25,28)(H,23,26,29). The van der Waals surface area contributed by atoms with Gasteiger partial charge in [-0.05, 0) is 51.1 Å². The molecule has 2 heterocycles. The highest BCUT2D eigenvalue weighted by Crippen LogP contribution is 2.24. The van der Waals surface area contributed by atoms with E-state index >= 15 is 0 Å². The van der Waals surface area contributed by atoms with E-state index in [2.05, 4.69) is 20.6 Å². The summed E-state index contributed by atoms with van der Waals surface area (Å²) in [5, 5.41) is 5.66. The molecule has 9 heteroatoms. The number of para-hydroxylation sites is 1. The highest BCUT2D eigenvalue weighted by atomic mass is 32.1. The number of hydrogen-bond donors (Lipinski definition) is 2. The van der Waals surface area contributed by atoms with Gasteiger partial charge in [-0.3, -0.25) is 14.7 Å². The second-order valence-electron chi connectivity index (χ2n) is 7.76. The zero-order valence-corrected chi connectivity index (χ0v) is 18.1. The average Bonchev–Trinajstić information content (AvgIpc) is 3.34. The number of imidazole rings is 1. The van der Waals surface area contributed by atoms with Crippen LogP contribution in [0.4, 0.5) is 15.6 Å². The lowest BCUT2D eigenvalue weighted by molar-refractivity contribution is 0.0635. The first kappa shape index (κ1) is 20.5. The molecule has 0 radical (unpaired) electrons. The van der Waals surface area contributed by atoms with Crippen LogP contribution in [0.15, 0.2) is 61.1 Å². The number of anilines is 2. The van der Waals surface area contributed by atoms with Gasteiger partial charge in [0.25, 0.3) is 5.91 Å². The first-order chi connectivity index (χ1) is 14.8. The molecule has 0 aliphatic heterocycles. The van der Waals surface area contributed by atoms with Crippen LogP contribution in [0.1, 0.15) is 30.4 Å². The molecule has 0 aliphatic carbocycles. The topological polar surface area (TPSA) is 98.1 Å². The van der Waals surface area contributed by atoms with E-state index in [-0.39, 0.29) is 11.0 Å². The molecule has 4 aromatic rings. The van der Waals surface area contributed by atoms with Gasteiger partial charge in [0.2, 0.25) is 0 Å². The van der Waals surface area contributed by atoms with Crippen molar-refractivity contribution in [2.45, 2.75) is 26.4 Å². The fourth-order valence-electron chi connectivity index (χ4n) is 2.91. The summed E-state index contributed by atoms with van der Waals surface area (Å²) < 4.78 is 7.17. The summed E-state index contributed by atoms with van der Waals surface area (Å²) >= 11 is 1.06. The van der Waals surface area contributed by atoms with E-state index in [0.717, 1.165) is 28.1 Å². The zero-order valence-electron chi connectivity index (χ0n) is 17.2. The van der Waals surface area contributed by atoms with Crippen LogP contribution >= 0.6 is 11.3 Å². The summed E-state index contributed by atoms with van der Waals surface area (Å²) in [5.41, 5.74) is 2.71. The second-order valence-corrected chi connectivity index (χ2v) is 8.79. The molecule has 0 saturated heterocycles. The molecule has 0 unspecified atom stereocenters. The van der Waals surface area contributed by atoms with Crippen LogP contribution in [0.3, 0.4) is 0 Å². The Morgan fingerprint density at radius 2 is 1.81 bits per heavy atom. The maximum atomic E-state index is 12.6. The molecule has 0 atom stereocenters. The quantitative estimate of drug-likeness (QED) is 0.466. The first-order valence-corrected chi connectivity index (χ1v) is 10.4. The fraction of sp³-hybridized carbons (Fsp3) is 0.182. The van der Waals surface area contributed by atoms with E-state index in [1.54, 1.807) is 27.1 Å². The van der Waals surface area contributed by atoms with Crippen molar-refractivity contribution in [3.63, 3.8) is 0 Å². The van der Waals surface area contributed by atoms with E-state index in [0.29, 0.717) is 10.6 Å². The van der Waals surface area contributed by atoms with Gasteiger partial charge in [0.05, 0.1) is 17.2 Å². The fourth-order valence-corrected chi connectivity index (χ4v) is 3.60. The van der Waals surface area contributed by atoms with Crippen molar-refractivity contribution in [3.8, 4) is 5.69 Å². The Bertz CT molecular complexity index is 1240. The van der Waals surface area contributed by atoms with E-state index in [1.165, 1.54) is 6.20 Å². The summed E-state index contributed by atoms with van der Waals surface area (Å²) in [7, 11) is 0. The molecule has 0 saturated carbocycles. The van der Waals surface area contributed by atoms with Gasteiger partial charge in [0.15, 0.2) is 5.13 Å². The van der Waals surface area contributed by atoms with Gasteiger partial charge < -0.3 is 10.1 Å². The molecular formula is C22H21N5O3S. The van der Waals surface area contributed by atoms with Gasteiger partial charge in [-0.15, -0.1) is 0 Å². The molecule has 2 amide bonds. The Morgan fingerprint density at radius 3 is 2.55 bits per heavy atom. The highest BCUT2D eigenvalue weighted by Gasteiger charge is 2.18. The average molecular weight is 436 g/mol. The van der Waals surface area contributed by atoms with Crippen molar-refractivity contribution < 1.29 is 14.3 Å². The van der Waals surface area contributed by atoms with Crippen LogP contribution in [0.2, 0.25) is 0 Å². The van der Waals surface area contributed by atoms with E-state index in [9.17, 15) is 9.59 Å². The molecule has 0 aliphatic rings. The lowest BCUT2D eigenvalue weighted by Crippen LogP contribution is -2.27. The minimum absolute atomic E-state index is 0.288. The molecule has 4 rings (SSSR count). The van der Waals surface area contributed by atoms with Crippen LogP contribution < -0.4 is 10.6 Å². The minimum atomic E-state index is -0.617. The van der Waals surface area contributed by atoms with Crippen LogP contribution in [0, 0.1) is 0 Å². The van der Waals surface area contributed by atoms with Gasteiger partial charge in [-0.1, -0.05) is 29.5 Å². The van der Waals surface area contributed by atoms with Gasteiger partial charge in [0.1, 0.15) is 16.8 Å². The number of rotatable bonds is 4. The number of nitrogens with one attached hydrogen (secondary N) is 2. The van der Waals surface area contributed by atoms with Crippen LogP contribution in [0.25, 0.3) is 16.7 Å². The van der Waals surface area contributed by atoms with Crippen LogP contribution in [0.5, 0.6) is 0 Å². The summed E-state index contributed by atoms with van der Waals surface area (Å²) in [6.07, 6.45) is 2.55. The number of benzene rings is 2. The number of carbonyl (C=O) groups is 2. The lowest BCUT2D eigenvalue weighted by Gasteiger charge is -2.18. The van der Waals surface area contributed by atoms with Gasteiger partial charge in [-0.25, -0.2) is 14.8 Å². The molecule has 0 spiro atoms. The monoisotopic (exact) mass is 435 g/mol. The number of aromatic nitrogens is 3. The Labute approximate surface area is 182 Å². The number of nitrogens with zero attached hydrogens (tertiary/aromatic N) is 3. The number of ether oxygens (including phenoxy) is 1. The second kappa shape index (κ2) is 8.19. The first-order valence-electron chi connectivity index (χ1n) is 9.58. The largest absolute Gasteiger partial charge is 0.444 e. The van der Waals surface area contributed by atoms with Crippen molar-refractivity contribution in [2.24, 2.45) is 0 Å². The summed E-state index contributed by atoms with van der Waals surface area (Å²) in [5.74, 6) is -0.323. The number of hydrogen-bond acceptors (Lipinski definition) is 6. The van der Waals surface area contributed by atoms with Crippen molar-refractivity contribution >= 4 is 45.2 Å². The van der Waals surface area contributed by atoms with E-state index in [1.807, 2.05) is 53.1 Å². The zero-order chi connectivity index (χ0) is 22.0. The summed E-state index contributed by atoms with van der Waals surface area (Å²) in [4.78, 5) is 33.3. The number of amides is 2. The molecule has 2 aromatic heterocycles. The van der Waals surface area contributed by atoms with Crippen molar-refractivity contribution in [2.75, 3.05) is 10.6 Å². The third kappa shape index (κ3) is 4.89. The molecule has 31 heavy (non-hydrogen) atoms. The summed E-state index contributed by atoms with van der Waals surface area (Å²) in [6, 6.07) is 15.5. The molecule has 0 bridgehead atoms. The Balaban J connectivity index is 1.45.